The zero-order valence-corrected chi connectivity index (χ0v) is 41.1. The topological polar surface area (TPSA) is 45.5 Å². The lowest BCUT2D eigenvalue weighted by atomic mass is 10.0. The quantitative estimate of drug-likeness (QED) is 0.160. The van der Waals surface area contributed by atoms with Gasteiger partial charge in [0.1, 0.15) is 0 Å². The van der Waals surface area contributed by atoms with Crippen molar-refractivity contribution in [2.45, 2.75) is 0 Å². The van der Waals surface area contributed by atoms with Gasteiger partial charge in [-0.05, 0) is 91.0 Å². The fourth-order valence-electron chi connectivity index (χ4n) is 12.3. The molecule has 0 amide bonds. The highest BCUT2D eigenvalue weighted by atomic mass is 15.0. The molecule has 0 fully saturated rings. The van der Waals surface area contributed by atoms with Crippen LogP contribution in [0.15, 0.2) is 267 Å². The van der Waals surface area contributed by atoms with Crippen LogP contribution in [-0.4, -0.2) is 28.2 Å². The Hall–Kier alpha value is -10.3. The van der Waals surface area contributed by atoms with Gasteiger partial charge in [0.25, 0.3) is 0 Å². The van der Waals surface area contributed by atoms with E-state index >= 15 is 0 Å². The Morgan fingerprint density at radius 1 is 0.224 bits per heavy atom. The smallest absolute Gasteiger partial charge is 0.160 e. The number of rotatable bonds is 7. The first-order chi connectivity index (χ1) is 37.7. The first-order valence-electron chi connectivity index (χ1n) is 25.9. The van der Waals surface area contributed by atoms with Crippen LogP contribution in [0, 0.1) is 0 Å². The van der Waals surface area contributed by atoms with Crippen LogP contribution in [0.1, 0.15) is 0 Å². The predicted octanol–water partition coefficient (Wildman–Crippen LogP) is 17.9. The van der Waals surface area contributed by atoms with Crippen LogP contribution in [0.3, 0.4) is 0 Å². The second kappa shape index (κ2) is 16.6. The third-order valence-corrected chi connectivity index (χ3v) is 15.5. The minimum atomic E-state index is 0.688. The highest BCUT2D eigenvalue weighted by molar-refractivity contribution is 6.28. The number of nitrogens with zero attached hydrogens (tertiary/aromatic N) is 6. The van der Waals surface area contributed by atoms with Gasteiger partial charge in [-0.25, -0.2) is 9.97 Å². The van der Waals surface area contributed by atoms with Gasteiger partial charge >= 0.3 is 0 Å². The molecule has 0 aliphatic heterocycles. The molecule has 0 saturated heterocycles. The van der Waals surface area contributed by atoms with Crippen LogP contribution >= 0.6 is 0 Å². The standard InChI is InChI=1S/C70H44N6/c1-6-20-45(21-7-1)58-44-59(72-70(71-58)46-22-8-2-9-23-46)47-34-36-53-55-38-40-63-66(56-31-17-19-33-61(56)73(63)48-24-10-3-11-25-48)68(55)76(65(53)42-47)51-35-39-62-57(43-51)67-64(74(62)49-26-12-4-13-27-49)41-37-54-52-30-16-18-32-60(52)75(69(54)67)50-28-14-5-15-29-50/h1-44H. The summed E-state index contributed by atoms with van der Waals surface area (Å²) in [5.74, 6) is 0.688. The molecule has 0 atom stereocenters. The van der Waals surface area contributed by atoms with Gasteiger partial charge in [0.2, 0.25) is 0 Å². The van der Waals surface area contributed by atoms with E-state index < -0.39 is 0 Å². The van der Waals surface area contributed by atoms with Gasteiger partial charge in [0.05, 0.1) is 55.5 Å². The first kappa shape index (κ1) is 42.2. The van der Waals surface area contributed by atoms with Crippen molar-refractivity contribution in [1.82, 2.24) is 28.2 Å². The molecular formula is C70H44N6. The van der Waals surface area contributed by atoms with E-state index in [4.69, 9.17) is 9.97 Å². The maximum atomic E-state index is 5.35. The highest BCUT2D eigenvalue weighted by Gasteiger charge is 2.25. The van der Waals surface area contributed by atoms with E-state index in [1.54, 1.807) is 0 Å². The van der Waals surface area contributed by atoms with E-state index in [1.165, 1.54) is 48.7 Å². The summed E-state index contributed by atoms with van der Waals surface area (Å²) < 4.78 is 9.87. The summed E-state index contributed by atoms with van der Waals surface area (Å²) in [5, 5.41) is 9.56. The van der Waals surface area contributed by atoms with Crippen LogP contribution in [0.4, 0.5) is 0 Å². The molecule has 354 valence electrons. The SMILES string of the molecule is c1ccc(-c2cc(-c3ccc4c5ccc6c(c7ccccc7n6-c6ccccc6)c5n(-c5ccc6c(c5)c5c(ccc7c8ccccc8n(-c8ccccc8)c75)n6-c5ccccc5)c4c3)nc(-c3ccccc3)n2)cc1. The van der Waals surface area contributed by atoms with Crippen LogP contribution in [-0.2, 0) is 0 Å². The molecule has 0 bridgehead atoms. The molecule has 0 saturated carbocycles. The first-order valence-corrected chi connectivity index (χ1v) is 25.9. The van der Waals surface area contributed by atoms with Gasteiger partial charge in [-0.2, -0.15) is 0 Å². The monoisotopic (exact) mass is 968 g/mol. The second-order valence-corrected chi connectivity index (χ2v) is 19.7. The van der Waals surface area contributed by atoms with Gasteiger partial charge in [0, 0.05) is 82.5 Å². The molecule has 6 nitrogen and oxygen atoms in total. The molecule has 5 heterocycles. The lowest BCUT2D eigenvalue weighted by molar-refractivity contribution is 1.16. The minimum absolute atomic E-state index is 0.688. The summed E-state index contributed by atoms with van der Waals surface area (Å²) in [4.78, 5) is 10.5. The Morgan fingerprint density at radius 3 is 1.25 bits per heavy atom. The van der Waals surface area contributed by atoms with Crippen molar-refractivity contribution < 1.29 is 0 Å². The molecule has 0 N–H and O–H groups in total. The van der Waals surface area contributed by atoms with Crippen molar-refractivity contribution in [2.24, 2.45) is 0 Å². The van der Waals surface area contributed by atoms with Crippen LogP contribution < -0.4 is 0 Å². The lowest BCUT2D eigenvalue weighted by Crippen LogP contribution is -1.98. The zero-order chi connectivity index (χ0) is 49.8. The number of hydrogen-bond acceptors (Lipinski definition) is 2. The molecule has 5 aromatic heterocycles. The second-order valence-electron chi connectivity index (χ2n) is 19.7. The Balaban J connectivity index is 1.05. The van der Waals surface area contributed by atoms with Crippen LogP contribution in [0.5, 0.6) is 0 Å². The Labute approximate surface area is 436 Å². The maximum Gasteiger partial charge on any atom is 0.160 e. The number of hydrogen-bond donors (Lipinski definition) is 0. The van der Waals surface area contributed by atoms with E-state index in [1.807, 2.05) is 24.3 Å². The summed E-state index contributed by atoms with van der Waals surface area (Å²) in [6.07, 6.45) is 0. The summed E-state index contributed by atoms with van der Waals surface area (Å²) in [6, 6.07) is 96.3. The summed E-state index contributed by atoms with van der Waals surface area (Å²) in [5.41, 5.74) is 18.4. The summed E-state index contributed by atoms with van der Waals surface area (Å²) in [6.45, 7) is 0. The van der Waals surface area contributed by atoms with Gasteiger partial charge in [0.15, 0.2) is 5.82 Å². The van der Waals surface area contributed by atoms with E-state index in [0.29, 0.717) is 5.82 Å². The van der Waals surface area contributed by atoms with Crippen molar-refractivity contribution in [3.05, 3.63) is 267 Å². The summed E-state index contributed by atoms with van der Waals surface area (Å²) in [7, 11) is 0. The van der Waals surface area contributed by atoms with Gasteiger partial charge in [-0.1, -0.05) is 176 Å². The van der Waals surface area contributed by atoms with E-state index in [2.05, 4.69) is 261 Å². The molecule has 6 heteroatoms. The number of para-hydroxylation sites is 5. The van der Waals surface area contributed by atoms with Crippen LogP contribution in [0.2, 0.25) is 0 Å². The number of aromatic nitrogens is 6. The molecule has 0 radical (unpaired) electrons. The van der Waals surface area contributed by atoms with Gasteiger partial charge < -0.3 is 18.3 Å². The third kappa shape index (κ3) is 6.28. The van der Waals surface area contributed by atoms with E-state index in [9.17, 15) is 0 Å². The fraction of sp³-hybridized carbons (Fsp3) is 0. The van der Waals surface area contributed by atoms with Crippen molar-refractivity contribution in [3.8, 4) is 56.7 Å². The van der Waals surface area contributed by atoms with Crippen molar-refractivity contribution in [1.29, 1.82) is 0 Å². The Morgan fingerprint density at radius 2 is 0.645 bits per heavy atom. The normalized spacial score (nSPS) is 11.9. The molecule has 76 heavy (non-hydrogen) atoms. The number of fused-ring (bicyclic) bond motifs is 14. The molecule has 0 spiro atoms. The molecule has 16 rings (SSSR count). The van der Waals surface area contributed by atoms with E-state index in [-0.39, 0.29) is 0 Å². The average Bonchev–Trinajstić information content (AvgIpc) is 4.38. The largest absolute Gasteiger partial charge is 0.309 e. The van der Waals surface area contributed by atoms with E-state index in [0.717, 1.165) is 89.3 Å². The number of benzene rings is 11. The van der Waals surface area contributed by atoms with Gasteiger partial charge in [-0.15, -0.1) is 0 Å². The third-order valence-electron chi connectivity index (χ3n) is 15.5. The molecule has 11 aromatic carbocycles. The van der Waals surface area contributed by atoms with Crippen LogP contribution in [0.25, 0.3) is 144 Å². The van der Waals surface area contributed by atoms with Crippen molar-refractivity contribution in [2.75, 3.05) is 0 Å². The predicted molar refractivity (Wildman–Crippen MR) is 316 cm³/mol. The highest BCUT2D eigenvalue weighted by Crippen LogP contribution is 2.46. The zero-order valence-electron chi connectivity index (χ0n) is 41.1. The Kier molecular flexibility index (Phi) is 9.23. The molecule has 0 unspecified atom stereocenters. The maximum absolute atomic E-state index is 5.35. The fourth-order valence-corrected chi connectivity index (χ4v) is 12.3. The average molecular weight is 969 g/mol. The molecule has 0 aliphatic rings. The van der Waals surface area contributed by atoms with Gasteiger partial charge in [-0.3, -0.25) is 0 Å². The van der Waals surface area contributed by atoms with Crippen molar-refractivity contribution >= 4 is 87.2 Å². The Bertz CT molecular complexity index is 4890. The van der Waals surface area contributed by atoms with Crippen molar-refractivity contribution in [3.63, 3.8) is 0 Å². The molecular weight excluding hydrogens is 925 g/mol. The minimum Gasteiger partial charge on any atom is -0.309 e. The lowest BCUT2D eigenvalue weighted by Gasteiger charge is -2.13. The summed E-state index contributed by atoms with van der Waals surface area (Å²) >= 11 is 0. The molecule has 0 aliphatic carbocycles. The molecule has 16 aromatic rings.